The molecule has 16 aliphatic rings. The van der Waals surface area contributed by atoms with Crippen molar-refractivity contribution in [1.82, 2.24) is 0 Å². The molecule has 16 rings (SSSR count). The first-order valence-electron chi connectivity index (χ1n) is 30.6. The molecular weight excluding hydrogens is 1010 g/mol. The molecule has 0 aromatic heterocycles. The summed E-state index contributed by atoms with van der Waals surface area (Å²) in [5.74, 6) is -3.59. The summed E-state index contributed by atoms with van der Waals surface area (Å²) in [4.78, 5) is 26.2. The van der Waals surface area contributed by atoms with E-state index in [0.29, 0.717) is 70.6 Å². The normalized spacial score (nSPS) is 58.0. The zero-order chi connectivity index (χ0) is 53.3. The topological polar surface area (TPSA) is 204 Å². The second-order valence-corrected chi connectivity index (χ2v) is 27.6. The van der Waals surface area contributed by atoms with Gasteiger partial charge in [-0.05, 0) is 92.1 Å². The number of carbonyl (C=O) groups is 2. The third kappa shape index (κ3) is 8.99. The van der Waals surface area contributed by atoms with Crippen LogP contribution in [-0.2, 0) is 75.9 Å². The van der Waals surface area contributed by atoms with Gasteiger partial charge in [0, 0.05) is 63.7 Å². The molecular formula is C60H84O18. The van der Waals surface area contributed by atoms with Crippen molar-refractivity contribution in [2.75, 3.05) is 0 Å². The number of aliphatic hydroxyl groups is 1. The molecule has 432 valence electrons. The molecule has 3 spiro atoms. The number of aliphatic hydroxyl groups excluding tert-OH is 1. The predicted octanol–water partition coefficient (Wildman–Crippen LogP) is 6.53. The van der Waals surface area contributed by atoms with E-state index in [2.05, 4.69) is 40.9 Å². The van der Waals surface area contributed by atoms with Gasteiger partial charge in [0.1, 0.15) is 36.6 Å². The van der Waals surface area contributed by atoms with Gasteiger partial charge in [0.05, 0.1) is 111 Å². The highest BCUT2D eigenvalue weighted by atomic mass is 16.8. The summed E-state index contributed by atoms with van der Waals surface area (Å²) in [6.07, 6.45) is 4.80. The summed E-state index contributed by atoms with van der Waals surface area (Å²) < 4.78 is 97.2. The highest BCUT2D eigenvalue weighted by Crippen LogP contribution is 2.58. The summed E-state index contributed by atoms with van der Waals surface area (Å²) >= 11 is 0. The van der Waals surface area contributed by atoms with Gasteiger partial charge in [-0.3, -0.25) is 9.59 Å². The number of hydrogen-bond acceptors (Lipinski definition) is 17. The highest BCUT2D eigenvalue weighted by Gasteiger charge is 2.70. The monoisotopic (exact) mass is 1090 g/mol. The Labute approximate surface area is 457 Å². The molecule has 0 amide bonds. The number of esters is 1. The molecule has 1 unspecified atom stereocenters. The number of carboxylic acids is 1. The quantitative estimate of drug-likeness (QED) is 0.223. The standard InChI is InChI=1S/C60H84O18/c1-26-13-33-7-9-38-27(2)14-35(65-38)11-12-58-24-46-54(77-58)55-56(71-46)57(78-58)53-39(69-55)10-8-34(67-53)17-49(64)72-52-31(6)51-44(68-43(52)19-40(66-33)30(26)5)20-42-45(70-51)23-60(74-42)25-47-50(76-60)29(4)22-59(75-47)21-28(3)36-15-32(16-48(62)63)37(61)18-41(36)73-59/h26,28-29,31-47,50-57,61H,2,5,7-25H2,1,3-4,6H3,(H,62,63)/t26-,28+,29+,31+,32-,33+,34-,35+,36+,37-,38+,39+,40-,41+,42-,43+,44+,45-,46-,47+,50+,51+,52-,53+,54?,55+,56-,57+,58+,59-,60-/m1/s1. The van der Waals surface area contributed by atoms with Crippen molar-refractivity contribution in [3.63, 3.8) is 0 Å². The lowest BCUT2D eigenvalue weighted by Gasteiger charge is -2.55. The van der Waals surface area contributed by atoms with Crippen molar-refractivity contribution in [3.8, 4) is 0 Å². The Bertz CT molecular complexity index is 2370. The van der Waals surface area contributed by atoms with Crippen LogP contribution in [0.1, 0.15) is 150 Å². The fourth-order valence-corrected chi connectivity index (χ4v) is 18.6. The summed E-state index contributed by atoms with van der Waals surface area (Å²) in [6, 6.07) is 0. The van der Waals surface area contributed by atoms with Crippen molar-refractivity contribution in [2.45, 2.75) is 301 Å². The van der Waals surface area contributed by atoms with Gasteiger partial charge in [0.25, 0.3) is 0 Å². The molecule has 18 heteroatoms. The van der Waals surface area contributed by atoms with Crippen LogP contribution in [0.5, 0.6) is 0 Å². The van der Waals surface area contributed by atoms with Gasteiger partial charge in [-0.15, -0.1) is 0 Å². The summed E-state index contributed by atoms with van der Waals surface area (Å²) in [5, 5.41) is 20.6. The number of carboxylic acid groups (broad SMARTS) is 1. The van der Waals surface area contributed by atoms with Crippen LogP contribution in [0.2, 0.25) is 0 Å². The maximum absolute atomic E-state index is 14.6. The van der Waals surface area contributed by atoms with Crippen molar-refractivity contribution in [1.29, 1.82) is 0 Å². The van der Waals surface area contributed by atoms with Gasteiger partial charge in [-0.1, -0.05) is 40.9 Å². The predicted molar refractivity (Wildman–Crippen MR) is 271 cm³/mol. The van der Waals surface area contributed by atoms with E-state index in [1.807, 2.05) is 0 Å². The molecule has 2 N–H and O–H groups in total. The largest absolute Gasteiger partial charge is 0.481 e. The fraction of sp³-hybridized carbons (Fsp3) is 0.900. The first kappa shape index (κ1) is 52.6. The number of ether oxygens (including phenoxy) is 14. The SMILES string of the molecule is C=C1C[C@@H]2CC[C@@]34C[C@H]5O[C@H]6[C@@H](O3)[C@H]3O[C@H](CC[C@@H]3O[C@H]6C5O4)CC(=O)O[C@@H]3[C@@H](C)[C@@H]4O[C@@H]5C[C@@]6(C[C@@H]7O[C@]8(C[C@H](C)[C@@H]9C[C@H](CC(=O)O)[C@H](O)C[C@@H]9O8)C[C@H](C)[C@@H]7O6)O[C@@H]5C[C@@H]4O[C@H]3C[C@H]3O[C@@H](CC[C@@H]1O2)C[C@@H](C)C3=C. The molecule has 1 saturated carbocycles. The molecule has 15 aliphatic heterocycles. The molecule has 78 heavy (non-hydrogen) atoms. The second kappa shape index (κ2) is 19.5. The number of hydrogen-bond donors (Lipinski definition) is 2. The zero-order valence-electron chi connectivity index (χ0n) is 45.9. The van der Waals surface area contributed by atoms with Gasteiger partial charge in [0.2, 0.25) is 0 Å². The smallest absolute Gasteiger partial charge is 0.308 e. The number of aliphatic carboxylic acids is 1. The number of rotatable bonds is 2. The van der Waals surface area contributed by atoms with Crippen LogP contribution in [-0.4, -0.2) is 174 Å². The third-order valence-electron chi connectivity index (χ3n) is 22.3. The van der Waals surface area contributed by atoms with E-state index in [9.17, 15) is 19.8 Å². The molecule has 0 radical (unpaired) electrons. The van der Waals surface area contributed by atoms with Crippen molar-refractivity contribution in [2.24, 2.45) is 35.5 Å². The Morgan fingerprint density at radius 2 is 1.21 bits per heavy atom. The van der Waals surface area contributed by atoms with Gasteiger partial charge in [-0.2, -0.15) is 0 Å². The minimum absolute atomic E-state index is 0.0153. The first-order valence-corrected chi connectivity index (χ1v) is 30.6. The van der Waals surface area contributed by atoms with E-state index in [1.165, 1.54) is 0 Å². The van der Waals surface area contributed by atoms with Gasteiger partial charge >= 0.3 is 11.9 Å². The molecule has 15 heterocycles. The molecule has 0 aromatic carbocycles. The van der Waals surface area contributed by atoms with E-state index in [1.54, 1.807) is 0 Å². The molecule has 18 nitrogen and oxygen atoms in total. The molecule has 31 atom stereocenters. The summed E-state index contributed by atoms with van der Waals surface area (Å²) in [5.41, 5.74) is 2.15. The van der Waals surface area contributed by atoms with E-state index < -0.39 is 60.0 Å². The molecule has 16 fully saturated rings. The summed E-state index contributed by atoms with van der Waals surface area (Å²) in [6.45, 7) is 17.9. The lowest BCUT2D eigenvalue weighted by atomic mass is 9.67. The minimum Gasteiger partial charge on any atom is -0.481 e. The minimum atomic E-state index is -0.918. The molecule has 12 bridgehead atoms. The summed E-state index contributed by atoms with van der Waals surface area (Å²) in [7, 11) is 0. The van der Waals surface area contributed by atoms with Crippen LogP contribution in [0.3, 0.4) is 0 Å². The highest BCUT2D eigenvalue weighted by molar-refractivity contribution is 5.70. The Morgan fingerprint density at radius 3 is 2.06 bits per heavy atom. The van der Waals surface area contributed by atoms with Gasteiger partial charge in [0.15, 0.2) is 17.4 Å². The molecule has 1 aliphatic carbocycles. The fourth-order valence-electron chi connectivity index (χ4n) is 18.6. The van der Waals surface area contributed by atoms with Crippen molar-refractivity contribution in [3.05, 3.63) is 24.3 Å². The Kier molecular flexibility index (Phi) is 13.1. The van der Waals surface area contributed by atoms with Gasteiger partial charge < -0.3 is 76.5 Å². The van der Waals surface area contributed by atoms with Crippen molar-refractivity contribution < 1.29 is 86.1 Å². The number of fused-ring (bicyclic) bond motifs is 10. The van der Waals surface area contributed by atoms with Crippen LogP contribution >= 0.6 is 0 Å². The van der Waals surface area contributed by atoms with Crippen molar-refractivity contribution >= 4 is 11.9 Å². The Hall–Kier alpha value is -2.14. The van der Waals surface area contributed by atoms with Crippen LogP contribution in [0.25, 0.3) is 0 Å². The lowest BCUT2D eigenvalue weighted by Crippen LogP contribution is -2.62. The van der Waals surface area contributed by atoms with Crippen LogP contribution in [0.15, 0.2) is 24.3 Å². The number of carbonyl (C=O) groups excluding carboxylic acids is 1. The first-order chi connectivity index (χ1) is 37.4. The van der Waals surface area contributed by atoms with E-state index in [0.717, 1.165) is 49.7 Å². The average molecular weight is 1090 g/mol. The maximum atomic E-state index is 14.6. The van der Waals surface area contributed by atoms with E-state index in [4.69, 9.17) is 66.3 Å². The van der Waals surface area contributed by atoms with E-state index in [-0.39, 0.29) is 152 Å². The molecule has 15 saturated heterocycles. The van der Waals surface area contributed by atoms with Crippen LogP contribution in [0.4, 0.5) is 0 Å². The van der Waals surface area contributed by atoms with E-state index >= 15 is 0 Å². The Morgan fingerprint density at radius 1 is 0.526 bits per heavy atom. The average Bonchev–Trinajstić information content (AvgIpc) is 4.05. The second-order valence-electron chi connectivity index (χ2n) is 27.6. The van der Waals surface area contributed by atoms with Crippen LogP contribution in [0, 0.1) is 35.5 Å². The van der Waals surface area contributed by atoms with Gasteiger partial charge in [-0.25, -0.2) is 0 Å². The third-order valence-corrected chi connectivity index (χ3v) is 22.3. The lowest BCUT2D eigenvalue weighted by molar-refractivity contribution is -0.356. The maximum Gasteiger partial charge on any atom is 0.308 e. The van der Waals surface area contributed by atoms with Crippen LogP contribution < -0.4 is 0 Å². The zero-order valence-corrected chi connectivity index (χ0v) is 45.9. The molecule has 0 aromatic rings. The Balaban J connectivity index is 0.661.